The van der Waals surface area contributed by atoms with Crippen LogP contribution < -0.4 is 9.80 Å². The van der Waals surface area contributed by atoms with Crippen molar-refractivity contribution in [3.8, 4) is 0 Å². The number of rotatable bonds is 5. The van der Waals surface area contributed by atoms with Crippen molar-refractivity contribution in [1.29, 1.82) is 0 Å². The summed E-state index contributed by atoms with van der Waals surface area (Å²) in [7, 11) is 0. The predicted octanol–water partition coefficient (Wildman–Crippen LogP) is 2.55. The van der Waals surface area contributed by atoms with Crippen LogP contribution in [-0.4, -0.2) is 60.3 Å². The van der Waals surface area contributed by atoms with Gasteiger partial charge in [-0.05, 0) is 44.2 Å². The molecule has 2 fully saturated rings. The molecule has 2 saturated heterocycles. The van der Waals surface area contributed by atoms with Gasteiger partial charge in [-0.1, -0.05) is 13.8 Å². The quantitative estimate of drug-likeness (QED) is 0.821. The van der Waals surface area contributed by atoms with Gasteiger partial charge in [0.25, 0.3) is 0 Å². The van der Waals surface area contributed by atoms with E-state index in [1.807, 2.05) is 4.90 Å². The van der Waals surface area contributed by atoms with Gasteiger partial charge in [0.1, 0.15) is 0 Å². The molecule has 2 aliphatic heterocycles. The molecule has 0 aliphatic carbocycles. The van der Waals surface area contributed by atoms with Crippen LogP contribution in [0.25, 0.3) is 0 Å². The van der Waals surface area contributed by atoms with Crippen LogP contribution >= 0.6 is 0 Å². The number of anilines is 2. The Morgan fingerprint density at radius 1 is 0.880 bits per heavy atom. The zero-order valence-electron chi connectivity index (χ0n) is 15.7. The molecule has 2 aliphatic rings. The van der Waals surface area contributed by atoms with Crippen LogP contribution in [0.3, 0.4) is 0 Å². The molecule has 138 valence electrons. The van der Waals surface area contributed by atoms with Gasteiger partial charge in [-0.15, -0.1) is 10.2 Å². The number of carbonyl (C=O) groups is 1. The molecule has 1 aromatic rings. The lowest BCUT2D eigenvalue weighted by Crippen LogP contribution is -2.50. The molecule has 0 bridgehead atoms. The van der Waals surface area contributed by atoms with Crippen LogP contribution in [0.4, 0.5) is 11.6 Å². The summed E-state index contributed by atoms with van der Waals surface area (Å²) in [6.45, 7) is 9.61. The molecule has 6 nitrogen and oxygen atoms in total. The van der Waals surface area contributed by atoms with E-state index in [0.29, 0.717) is 5.91 Å². The third-order valence-electron chi connectivity index (χ3n) is 5.57. The van der Waals surface area contributed by atoms with Crippen LogP contribution in [-0.2, 0) is 4.79 Å². The van der Waals surface area contributed by atoms with Crippen LogP contribution in [0.15, 0.2) is 12.1 Å². The highest BCUT2D eigenvalue weighted by Gasteiger charge is 2.26. The fraction of sp³-hybridized carbons (Fsp3) is 0.737. The average molecular weight is 345 g/mol. The van der Waals surface area contributed by atoms with Crippen LogP contribution in [0, 0.1) is 5.92 Å². The Morgan fingerprint density at radius 3 is 1.88 bits per heavy atom. The topological polar surface area (TPSA) is 52.6 Å². The molecule has 1 amide bonds. The summed E-state index contributed by atoms with van der Waals surface area (Å²) in [6.07, 6.45) is 5.67. The number of nitrogens with zero attached hydrogens (tertiary/aromatic N) is 5. The first-order valence-corrected chi connectivity index (χ1v) is 9.85. The second-order valence-electron chi connectivity index (χ2n) is 7.12. The Balaban J connectivity index is 1.55. The molecule has 0 aromatic carbocycles. The third-order valence-corrected chi connectivity index (χ3v) is 5.57. The van der Waals surface area contributed by atoms with Gasteiger partial charge in [-0.2, -0.15) is 0 Å². The first-order valence-electron chi connectivity index (χ1n) is 9.85. The lowest BCUT2D eigenvalue weighted by atomic mass is 10.0. The Hall–Kier alpha value is -1.85. The molecule has 0 unspecified atom stereocenters. The number of carbonyl (C=O) groups excluding carboxylic acids is 1. The summed E-state index contributed by atoms with van der Waals surface area (Å²) in [5.74, 6) is 2.41. The lowest BCUT2D eigenvalue weighted by Gasteiger charge is -2.36. The van der Waals surface area contributed by atoms with Crippen molar-refractivity contribution in [2.75, 3.05) is 49.1 Å². The van der Waals surface area contributed by atoms with Crippen molar-refractivity contribution in [3.63, 3.8) is 0 Å². The van der Waals surface area contributed by atoms with Crippen molar-refractivity contribution in [2.24, 2.45) is 5.92 Å². The highest BCUT2D eigenvalue weighted by atomic mass is 16.2. The predicted molar refractivity (Wildman–Crippen MR) is 101 cm³/mol. The van der Waals surface area contributed by atoms with Crippen molar-refractivity contribution in [3.05, 3.63) is 12.1 Å². The van der Waals surface area contributed by atoms with Crippen LogP contribution in [0.2, 0.25) is 0 Å². The van der Waals surface area contributed by atoms with Crippen molar-refractivity contribution < 1.29 is 4.79 Å². The number of hydrogen-bond donors (Lipinski definition) is 0. The largest absolute Gasteiger partial charge is 0.355 e. The molecule has 0 saturated carbocycles. The van der Waals surface area contributed by atoms with Crippen molar-refractivity contribution >= 4 is 17.5 Å². The summed E-state index contributed by atoms with van der Waals surface area (Å²) in [4.78, 5) is 19.1. The molecular formula is C19H31N5O. The summed E-state index contributed by atoms with van der Waals surface area (Å²) < 4.78 is 0. The summed E-state index contributed by atoms with van der Waals surface area (Å²) in [6, 6.07) is 4.17. The maximum Gasteiger partial charge on any atom is 0.225 e. The molecule has 0 radical (unpaired) electrons. The molecule has 0 N–H and O–H groups in total. The van der Waals surface area contributed by atoms with Crippen LogP contribution in [0.5, 0.6) is 0 Å². The van der Waals surface area contributed by atoms with Gasteiger partial charge in [0.05, 0.1) is 0 Å². The highest BCUT2D eigenvalue weighted by Crippen LogP contribution is 2.20. The fourth-order valence-corrected chi connectivity index (χ4v) is 3.83. The minimum atomic E-state index is 0.176. The monoisotopic (exact) mass is 345 g/mol. The first-order chi connectivity index (χ1) is 12.2. The standard InChI is InChI=1S/C19H31N5O/c1-3-16(4-2)19(25)24-14-12-23(13-15-24)18-9-8-17(20-21-18)22-10-6-5-7-11-22/h8-9,16H,3-7,10-15H2,1-2H3. The smallest absolute Gasteiger partial charge is 0.225 e. The van der Waals surface area contributed by atoms with Crippen molar-refractivity contribution in [2.45, 2.75) is 46.0 Å². The average Bonchev–Trinajstić information content (AvgIpc) is 2.70. The van der Waals surface area contributed by atoms with E-state index in [0.717, 1.165) is 63.7 Å². The molecule has 6 heteroatoms. The van der Waals surface area contributed by atoms with Crippen LogP contribution in [0.1, 0.15) is 46.0 Å². The Bertz CT molecular complexity index is 543. The van der Waals surface area contributed by atoms with E-state index >= 15 is 0 Å². The Morgan fingerprint density at radius 2 is 1.40 bits per heavy atom. The normalized spacial score (nSPS) is 18.8. The highest BCUT2D eigenvalue weighted by molar-refractivity contribution is 5.79. The maximum absolute atomic E-state index is 12.5. The van der Waals surface area contributed by atoms with E-state index < -0.39 is 0 Å². The van der Waals surface area contributed by atoms with E-state index in [-0.39, 0.29) is 5.92 Å². The van der Waals surface area contributed by atoms with Gasteiger partial charge in [0.2, 0.25) is 5.91 Å². The summed E-state index contributed by atoms with van der Waals surface area (Å²) in [5, 5.41) is 8.89. The Kier molecular flexibility index (Phi) is 6.10. The number of hydrogen-bond acceptors (Lipinski definition) is 5. The van der Waals surface area contributed by atoms with E-state index in [4.69, 9.17) is 0 Å². The maximum atomic E-state index is 12.5. The van der Waals surface area contributed by atoms with E-state index in [1.165, 1.54) is 19.3 Å². The molecule has 0 spiro atoms. The van der Waals surface area contributed by atoms with Crippen molar-refractivity contribution in [1.82, 2.24) is 15.1 Å². The zero-order chi connectivity index (χ0) is 17.6. The van der Waals surface area contributed by atoms with Gasteiger partial charge in [-0.3, -0.25) is 4.79 Å². The third kappa shape index (κ3) is 4.22. The SMILES string of the molecule is CCC(CC)C(=O)N1CCN(c2ccc(N3CCCCC3)nn2)CC1. The van der Waals surface area contributed by atoms with Gasteiger partial charge >= 0.3 is 0 Å². The number of aromatic nitrogens is 2. The summed E-state index contributed by atoms with van der Waals surface area (Å²) >= 11 is 0. The van der Waals surface area contributed by atoms with Gasteiger partial charge in [0, 0.05) is 45.2 Å². The number of piperazine rings is 1. The van der Waals surface area contributed by atoms with E-state index in [1.54, 1.807) is 0 Å². The van der Waals surface area contributed by atoms with E-state index in [9.17, 15) is 4.79 Å². The molecular weight excluding hydrogens is 314 g/mol. The minimum absolute atomic E-state index is 0.176. The molecule has 0 atom stereocenters. The number of amides is 1. The van der Waals surface area contributed by atoms with Gasteiger partial charge in [-0.25, -0.2) is 0 Å². The minimum Gasteiger partial charge on any atom is -0.355 e. The molecule has 3 heterocycles. The zero-order valence-corrected chi connectivity index (χ0v) is 15.7. The molecule has 3 rings (SSSR count). The number of piperidine rings is 1. The van der Waals surface area contributed by atoms with Gasteiger partial charge in [0.15, 0.2) is 11.6 Å². The molecule has 25 heavy (non-hydrogen) atoms. The fourth-order valence-electron chi connectivity index (χ4n) is 3.83. The Labute approximate surface area is 151 Å². The first kappa shape index (κ1) is 18.0. The second kappa shape index (κ2) is 8.50. The van der Waals surface area contributed by atoms with Gasteiger partial charge < -0.3 is 14.7 Å². The summed E-state index contributed by atoms with van der Waals surface area (Å²) in [5.41, 5.74) is 0. The second-order valence-corrected chi connectivity index (χ2v) is 7.12. The lowest BCUT2D eigenvalue weighted by molar-refractivity contribution is -0.136. The van der Waals surface area contributed by atoms with E-state index in [2.05, 4.69) is 46.0 Å². The molecule has 1 aromatic heterocycles.